The fourth-order valence-corrected chi connectivity index (χ4v) is 2.20. The van der Waals surface area contributed by atoms with Crippen LogP contribution >= 0.6 is 0 Å². The number of nitrogens with one attached hydrogen (secondary N) is 1. The van der Waals surface area contributed by atoms with E-state index in [4.69, 9.17) is 0 Å². The summed E-state index contributed by atoms with van der Waals surface area (Å²) in [5.41, 5.74) is 1.76. The first-order valence-corrected chi connectivity index (χ1v) is 6.79. The van der Waals surface area contributed by atoms with E-state index in [1.807, 2.05) is 25.1 Å². The third-order valence-electron chi connectivity index (χ3n) is 3.21. The normalized spacial score (nSPS) is 12.3. The second-order valence-electron chi connectivity index (χ2n) is 4.64. The molecule has 0 saturated heterocycles. The van der Waals surface area contributed by atoms with Crippen molar-refractivity contribution < 1.29 is 8.78 Å². The van der Waals surface area contributed by atoms with Gasteiger partial charge in [-0.1, -0.05) is 19.1 Å². The van der Waals surface area contributed by atoms with Gasteiger partial charge in [-0.2, -0.15) is 0 Å². The molecule has 1 heterocycles. The molecule has 1 aromatic heterocycles. The summed E-state index contributed by atoms with van der Waals surface area (Å²) < 4.78 is 26.3. The topological polar surface area (TPSA) is 24.9 Å². The maximum atomic E-state index is 13.3. The molecule has 1 atom stereocenters. The van der Waals surface area contributed by atoms with Crippen molar-refractivity contribution in [2.45, 2.75) is 25.8 Å². The molecule has 4 heteroatoms. The smallest absolute Gasteiger partial charge is 0.159 e. The van der Waals surface area contributed by atoms with Gasteiger partial charge in [0.2, 0.25) is 0 Å². The second-order valence-corrected chi connectivity index (χ2v) is 4.64. The van der Waals surface area contributed by atoms with Crippen LogP contribution in [0.1, 0.15) is 30.6 Å². The van der Waals surface area contributed by atoms with Gasteiger partial charge in [0, 0.05) is 17.9 Å². The number of benzene rings is 1. The highest BCUT2D eigenvalue weighted by Crippen LogP contribution is 2.21. The van der Waals surface area contributed by atoms with Gasteiger partial charge in [-0.15, -0.1) is 0 Å². The first kappa shape index (κ1) is 14.6. The van der Waals surface area contributed by atoms with E-state index in [0.29, 0.717) is 0 Å². The zero-order valence-corrected chi connectivity index (χ0v) is 11.4. The number of halogens is 2. The molecular formula is C16H18F2N2. The van der Waals surface area contributed by atoms with E-state index < -0.39 is 11.6 Å². The summed E-state index contributed by atoms with van der Waals surface area (Å²) in [6.45, 7) is 2.76. The van der Waals surface area contributed by atoms with Crippen LogP contribution in [0.2, 0.25) is 0 Å². The molecule has 1 N–H and O–H groups in total. The number of aromatic nitrogens is 1. The lowest BCUT2D eigenvalue weighted by atomic mass is 10.0. The molecular weight excluding hydrogens is 258 g/mol. The van der Waals surface area contributed by atoms with Gasteiger partial charge in [-0.05, 0) is 49.2 Å². The maximum Gasteiger partial charge on any atom is 0.159 e. The molecule has 1 unspecified atom stereocenters. The van der Waals surface area contributed by atoms with Gasteiger partial charge in [0.15, 0.2) is 11.6 Å². The standard InChI is InChI=1S/C16H18F2N2/c1-2-19-16(9-7-13-5-3-4-10-20-13)12-6-8-14(17)15(18)11-12/h3-6,8,10-11,16,19H,2,7,9H2,1H3. The molecule has 0 radical (unpaired) electrons. The second kappa shape index (κ2) is 7.10. The lowest BCUT2D eigenvalue weighted by Gasteiger charge is -2.18. The van der Waals surface area contributed by atoms with Crippen molar-refractivity contribution >= 4 is 0 Å². The van der Waals surface area contributed by atoms with E-state index in [1.54, 1.807) is 12.3 Å². The summed E-state index contributed by atoms with van der Waals surface area (Å²) in [5.74, 6) is -1.61. The summed E-state index contributed by atoms with van der Waals surface area (Å²) in [6.07, 6.45) is 3.34. The fraction of sp³-hybridized carbons (Fsp3) is 0.312. The Kier molecular flexibility index (Phi) is 5.18. The van der Waals surface area contributed by atoms with Crippen molar-refractivity contribution in [2.75, 3.05) is 6.54 Å². The van der Waals surface area contributed by atoms with Crippen LogP contribution in [0.3, 0.4) is 0 Å². The SMILES string of the molecule is CCNC(CCc1ccccn1)c1ccc(F)c(F)c1. The van der Waals surface area contributed by atoms with Gasteiger partial charge >= 0.3 is 0 Å². The Morgan fingerprint density at radius 1 is 1.15 bits per heavy atom. The molecule has 1 aromatic carbocycles. The van der Waals surface area contributed by atoms with Crippen molar-refractivity contribution in [3.63, 3.8) is 0 Å². The number of hydrogen-bond acceptors (Lipinski definition) is 2. The van der Waals surface area contributed by atoms with Crippen molar-refractivity contribution in [1.29, 1.82) is 0 Å². The predicted molar refractivity (Wildman–Crippen MR) is 75.3 cm³/mol. The first-order chi connectivity index (χ1) is 9.70. The zero-order chi connectivity index (χ0) is 14.4. The minimum absolute atomic E-state index is 0.00268. The fourth-order valence-electron chi connectivity index (χ4n) is 2.20. The zero-order valence-electron chi connectivity index (χ0n) is 11.4. The van der Waals surface area contributed by atoms with Crippen LogP contribution in [0.15, 0.2) is 42.6 Å². The third kappa shape index (κ3) is 3.84. The van der Waals surface area contributed by atoms with Crippen molar-refractivity contribution in [3.05, 3.63) is 65.5 Å². The van der Waals surface area contributed by atoms with Crippen LogP contribution in [0.25, 0.3) is 0 Å². The highest BCUT2D eigenvalue weighted by atomic mass is 19.2. The average Bonchev–Trinajstić information content (AvgIpc) is 2.47. The Hall–Kier alpha value is -1.81. The Morgan fingerprint density at radius 3 is 2.65 bits per heavy atom. The largest absolute Gasteiger partial charge is 0.310 e. The summed E-state index contributed by atoms with van der Waals surface area (Å²) in [5, 5.41) is 3.30. The number of rotatable bonds is 6. The highest BCUT2D eigenvalue weighted by Gasteiger charge is 2.13. The lowest BCUT2D eigenvalue weighted by Crippen LogP contribution is -2.21. The molecule has 106 valence electrons. The molecule has 2 rings (SSSR count). The number of aryl methyl sites for hydroxylation is 1. The quantitative estimate of drug-likeness (QED) is 0.871. The first-order valence-electron chi connectivity index (χ1n) is 6.79. The number of hydrogen-bond donors (Lipinski definition) is 1. The molecule has 0 spiro atoms. The van der Waals surface area contributed by atoms with E-state index in [2.05, 4.69) is 10.3 Å². The minimum Gasteiger partial charge on any atom is -0.310 e. The van der Waals surface area contributed by atoms with Gasteiger partial charge in [0.25, 0.3) is 0 Å². The predicted octanol–water partition coefficient (Wildman–Crippen LogP) is 3.64. The Balaban J connectivity index is 2.08. The van der Waals surface area contributed by atoms with Gasteiger partial charge in [-0.3, -0.25) is 4.98 Å². The van der Waals surface area contributed by atoms with Gasteiger partial charge in [-0.25, -0.2) is 8.78 Å². The van der Waals surface area contributed by atoms with E-state index in [9.17, 15) is 8.78 Å². The molecule has 20 heavy (non-hydrogen) atoms. The van der Waals surface area contributed by atoms with Crippen molar-refractivity contribution in [1.82, 2.24) is 10.3 Å². The van der Waals surface area contributed by atoms with E-state index in [0.717, 1.165) is 30.6 Å². The molecule has 0 saturated carbocycles. The van der Waals surface area contributed by atoms with Crippen LogP contribution in [0, 0.1) is 11.6 Å². The molecule has 0 aliphatic rings. The summed E-state index contributed by atoms with van der Waals surface area (Å²) in [7, 11) is 0. The summed E-state index contributed by atoms with van der Waals surface area (Å²) in [4.78, 5) is 4.27. The molecule has 2 aromatic rings. The van der Waals surface area contributed by atoms with Crippen LogP contribution in [-0.4, -0.2) is 11.5 Å². The van der Waals surface area contributed by atoms with E-state index in [-0.39, 0.29) is 6.04 Å². The third-order valence-corrected chi connectivity index (χ3v) is 3.21. The van der Waals surface area contributed by atoms with Gasteiger partial charge in [0.1, 0.15) is 0 Å². The molecule has 0 bridgehead atoms. The van der Waals surface area contributed by atoms with Crippen LogP contribution < -0.4 is 5.32 Å². The molecule has 2 nitrogen and oxygen atoms in total. The highest BCUT2D eigenvalue weighted by molar-refractivity contribution is 5.21. The lowest BCUT2D eigenvalue weighted by molar-refractivity contribution is 0.487. The number of nitrogens with zero attached hydrogens (tertiary/aromatic N) is 1. The Morgan fingerprint density at radius 2 is 2.00 bits per heavy atom. The van der Waals surface area contributed by atoms with Crippen LogP contribution in [0.4, 0.5) is 8.78 Å². The van der Waals surface area contributed by atoms with Gasteiger partial charge < -0.3 is 5.32 Å². The van der Waals surface area contributed by atoms with Crippen LogP contribution in [0.5, 0.6) is 0 Å². The van der Waals surface area contributed by atoms with Crippen LogP contribution in [-0.2, 0) is 6.42 Å². The molecule has 0 fully saturated rings. The van der Waals surface area contributed by atoms with Gasteiger partial charge in [0.05, 0.1) is 0 Å². The molecule has 0 amide bonds. The van der Waals surface area contributed by atoms with Crippen molar-refractivity contribution in [2.24, 2.45) is 0 Å². The molecule has 0 aliphatic heterocycles. The molecule has 0 aliphatic carbocycles. The van der Waals surface area contributed by atoms with E-state index in [1.165, 1.54) is 12.1 Å². The monoisotopic (exact) mass is 276 g/mol. The summed E-state index contributed by atoms with van der Waals surface area (Å²) >= 11 is 0. The average molecular weight is 276 g/mol. The Bertz CT molecular complexity index is 543. The number of pyridine rings is 1. The van der Waals surface area contributed by atoms with E-state index >= 15 is 0 Å². The maximum absolute atomic E-state index is 13.3. The Labute approximate surface area is 117 Å². The minimum atomic E-state index is -0.811. The van der Waals surface area contributed by atoms with Crippen molar-refractivity contribution in [3.8, 4) is 0 Å². The summed E-state index contributed by atoms with van der Waals surface area (Å²) in [6, 6.07) is 9.86.